The maximum Gasteiger partial charge on any atom is 0.224 e. The summed E-state index contributed by atoms with van der Waals surface area (Å²) in [6.07, 6.45) is 5.71. The van der Waals surface area contributed by atoms with Crippen molar-refractivity contribution in [2.24, 2.45) is 5.92 Å². The largest absolute Gasteiger partial charge is 0.383 e. The quantitative estimate of drug-likeness (QED) is 0.676. The third kappa shape index (κ3) is 6.03. The lowest BCUT2D eigenvalue weighted by Gasteiger charge is -2.40. The molecule has 0 aliphatic carbocycles. The van der Waals surface area contributed by atoms with Crippen molar-refractivity contribution >= 4 is 5.91 Å². The summed E-state index contributed by atoms with van der Waals surface area (Å²) in [7, 11) is 1.74. The van der Waals surface area contributed by atoms with E-state index >= 15 is 0 Å². The second-order valence-electron chi connectivity index (χ2n) is 7.92. The zero-order valence-electron chi connectivity index (χ0n) is 16.7. The van der Waals surface area contributed by atoms with Crippen LogP contribution >= 0.6 is 0 Å². The Labute approximate surface area is 164 Å². The molecule has 3 rings (SSSR count). The molecule has 2 aliphatic heterocycles. The van der Waals surface area contributed by atoms with E-state index in [1.807, 2.05) is 6.07 Å². The zero-order valence-corrected chi connectivity index (χ0v) is 16.7. The fraction of sp³-hybridized carbons (Fsp3) is 0.682. The lowest BCUT2D eigenvalue weighted by Crippen LogP contribution is -2.52. The number of nitrogens with zero attached hydrogens (tertiary/aromatic N) is 2. The van der Waals surface area contributed by atoms with E-state index in [2.05, 4.69) is 39.4 Å². The van der Waals surface area contributed by atoms with E-state index in [1.165, 1.54) is 31.5 Å². The Morgan fingerprint density at radius 3 is 2.67 bits per heavy atom. The van der Waals surface area contributed by atoms with Crippen molar-refractivity contribution in [2.45, 2.75) is 44.7 Å². The molecule has 0 saturated carbocycles. The van der Waals surface area contributed by atoms with Gasteiger partial charge in [-0.2, -0.15) is 0 Å². The van der Waals surface area contributed by atoms with Crippen molar-refractivity contribution in [1.29, 1.82) is 0 Å². The Morgan fingerprint density at radius 1 is 1.15 bits per heavy atom. The van der Waals surface area contributed by atoms with Gasteiger partial charge in [-0.3, -0.25) is 9.69 Å². The van der Waals surface area contributed by atoms with Gasteiger partial charge in [0.15, 0.2) is 0 Å². The van der Waals surface area contributed by atoms with Gasteiger partial charge in [0.1, 0.15) is 0 Å². The predicted molar refractivity (Wildman–Crippen MR) is 109 cm³/mol. The first-order valence-corrected chi connectivity index (χ1v) is 10.5. The minimum Gasteiger partial charge on any atom is -0.383 e. The van der Waals surface area contributed by atoms with Crippen LogP contribution in [0.2, 0.25) is 0 Å². The maximum atomic E-state index is 12.9. The van der Waals surface area contributed by atoms with Gasteiger partial charge >= 0.3 is 0 Å². The Hall–Kier alpha value is -1.43. The number of hydrogen-bond donors (Lipinski definition) is 1. The van der Waals surface area contributed by atoms with E-state index in [0.717, 1.165) is 45.4 Å². The zero-order chi connectivity index (χ0) is 18.9. The van der Waals surface area contributed by atoms with Gasteiger partial charge in [0, 0.05) is 26.2 Å². The monoisotopic (exact) mass is 373 g/mol. The molecular weight excluding hydrogens is 338 g/mol. The molecule has 2 aliphatic rings. The molecule has 0 aromatic heterocycles. The molecule has 5 heteroatoms. The van der Waals surface area contributed by atoms with E-state index in [9.17, 15) is 4.79 Å². The molecule has 0 radical (unpaired) electrons. The maximum absolute atomic E-state index is 12.9. The summed E-state index contributed by atoms with van der Waals surface area (Å²) in [5.41, 5.74) is 1.30. The van der Waals surface area contributed by atoms with E-state index in [1.54, 1.807) is 7.11 Å². The van der Waals surface area contributed by atoms with Crippen molar-refractivity contribution < 1.29 is 9.53 Å². The van der Waals surface area contributed by atoms with Gasteiger partial charge in [-0.25, -0.2) is 0 Å². The summed E-state index contributed by atoms with van der Waals surface area (Å²) in [5.74, 6) is 0.227. The number of carbonyl (C=O) groups excluding carboxylic acids is 1. The van der Waals surface area contributed by atoms with Crippen molar-refractivity contribution in [3.63, 3.8) is 0 Å². The second kappa shape index (κ2) is 10.8. The number of rotatable bonds is 9. The SMILES string of the molecule is COC[C@@H]1[C@H](C(=O)NCCCN2CCCC2)CCCN1Cc1ccccc1. The van der Waals surface area contributed by atoms with Crippen LogP contribution in [0.4, 0.5) is 0 Å². The number of piperidine rings is 1. The Kier molecular flexibility index (Phi) is 8.11. The van der Waals surface area contributed by atoms with Crippen LogP contribution in [0.25, 0.3) is 0 Å². The molecule has 0 spiro atoms. The van der Waals surface area contributed by atoms with Gasteiger partial charge in [-0.05, 0) is 63.8 Å². The third-order valence-electron chi connectivity index (χ3n) is 5.95. The standard InChI is InChI=1S/C22H35N3O2/c1-27-18-21-20(22(26)23-12-8-15-24-13-5-6-14-24)11-7-16-25(21)17-19-9-3-2-4-10-19/h2-4,9-10,20-21H,5-8,11-18H2,1H3,(H,23,26)/t20-,21-/m1/s1. The Bertz CT molecular complexity index is 560. The molecule has 1 aromatic rings. The number of likely N-dealkylation sites (tertiary alicyclic amines) is 2. The minimum absolute atomic E-state index is 0.0224. The Morgan fingerprint density at radius 2 is 1.93 bits per heavy atom. The summed E-state index contributed by atoms with van der Waals surface area (Å²) in [5, 5.41) is 3.20. The molecule has 1 amide bonds. The molecule has 150 valence electrons. The molecule has 0 bridgehead atoms. The van der Waals surface area contributed by atoms with Crippen LogP contribution in [-0.4, -0.2) is 68.2 Å². The lowest BCUT2D eigenvalue weighted by atomic mass is 9.88. The number of benzene rings is 1. The summed E-state index contributed by atoms with van der Waals surface area (Å²) in [6.45, 7) is 6.85. The molecule has 2 fully saturated rings. The van der Waals surface area contributed by atoms with Gasteiger partial charge in [0.25, 0.3) is 0 Å². The molecule has 2 heterocycles. The van der Waals surface area contributed by atoms with Crippen LogP contribution in [0.5, 0.6) is 0 Å². The Balaban J connectivity index is 1.51. The molecule has 1 aromatic carbocycles. The molecule has 27 heavy (non-hydrogen) atoms. The van der Waals surface area contributed by atoms with Gasteiger partial charge < -0.3 is 15.0 Å². The number of carbonyl (C=O) groups is 1. The van der Waals surface area contributed by atoms with Gasteiger partial charge in [-0.1, -0.05) is 30.3 Å². The highest BCUT2D eigenvalue weighted by molar-refractivity contribution is 5.79. The van der Waals surface area contributed by atoms with Crippen LogP contribution in [0.1, 0.15) is 37.7 Å². The number of hydrogen-bond acceptors (Lipinski definition) is 4. The van der Waals surface area contributed by atoms with Crippen molar-refractivity contribution in [2.75, 3.05) is 46.4 Å². The number of ether oxygens (including phenoxy) is 1. The number of amides is 1. The molecule has 2 saturated heterocycles. The first kappa shape index (κ1) is 20.3. The summed E-state index contributed by atoms with van der Waals surface area (Å²) >= 11 is 0. The van der Waals surface area contributed by atoms with Gasteiger partial charge in [-0.15, -0.1) is 0 Å². The minimum atomic E-state index is 0.0224. The first-order chi connectivity index (χ1) is 13.3. The average Bonchev–Trinajstić information content (AvgIpc) is 3.21. The molecular formula is C22H35N3O2. The molecule has 0 unspecified atom stereocenters. The summed E-state index contributed by atoms with van der Waals surface area (Å²) < 4.78 is 5.49. The number of nitrogens with one attached hydrogen (secondary N) is 1. The predicted octanol–water partition coefficient (Wildman–Crippen LogP) is 2.52. The second-order valence-corrected chi connectivity index (χ2v) is 7.92. The van der Waals surface area contributed by atoms with Crippen LogP contribution in [-0.2, 0) is 16.1 Å². The fourth-order valence-corrected chi connectivity index (χ4v) is 4.49. The van der Waals surface area contributed by atoms with Crippen molar-refractivity contribution in [3.05, 3.63) is 35.9 Å². The van der Waals surface area contributed by atoms with Crippen molar-refractivity contribution in [3.8, 4) is 0 Å². The van der Waals surface area contributed by atoms with Crippen LogP contribution < -0.4 is 5.32 Å². The molecule has 1 N–H and O–H groups in total. The number of methoxy groups -OCH3 is 1. The average molecular weight is 374 g/mol. The van der Waals surface area contributed by atoms with Gasteiger partial charge in [0.2, 0.25) is 5.91 Å². The van der Waals surface area contributed by atoms with Crippen LogP contribution in [0.3, 0.4) is 0 Å². The molecule has 2 atom stereocenters. The van der Waals surface area contributed by atoms with Gasteiger partial charge in [0.05, 0.1) is 12.5 Å². The fourth-order valence-electron chi connectivity index (χ4n) is 4.49. The highest BCUT2D eigenvalue weighted by Gasteiger charge is 2.35. The smallest absolute Gasteiger partial charge is 0.224 e. The lowest BCUT2D eigenvalue weighted by molar-refractivity contribution is -0.130. The normalized spacial score (nSPS) is 24.2. The topological polar surface area (TPSA) is 44.8 Å². The van der Waals surface area contributed by atoms with E-state index < -0.39 is 0 Å². The highest BCUT2D eigenvalue weighted by atomic mass is 16.5. The summed E-state index contributed by atoms with van der Waals surface area (Å²) in [6, 6.07) is 10.7. The van der Waals surface area contributed by atoms with Crippen LogP contribution in [0.15, 0.2) is 30.3 Å². The molecule has 5 nitrogen and oxygen atoms in total. The third-order valence-corrected chi connectivity index (χ3v) is 5.95. The van der Waals surface area contributed by atoms with E-state index in [4.69, 9.17) is 4.74 Å². The first-order valence-electron chi connectivity index (χ1n) is 10.5. The highest BCUT2D eigenvalue weighted by Crippen LogP contribution is 2.26. The van der Waals surface area contributed by atoms with E-state index in [-0.39, 0.29) is 17.9 Å². The van der Waals surface area contributed by atoms with Crippen molar-refractivity contribution in [1.82, 2.24) is 15.1 Å². The van der Waals surface area contributed by atoms with E-state index in [0.29, 0.717) is 6.61 Å². The summed E-state index contributed by atoms with van der Waals surface area (Å²) in [4.78, 5) is 17.8. The van der Waals surface area contributed by atoms with Crippen LogP contribution in [0, 0.1) is 5.92 Å².